The van der Waals surface area contributed by atoms with Crippen molar-refractivity contribution in [3.63, 3.8) is 0 Å². The fraction of sp³-hybridized carbons (Fsp3) is 0.379. The number of carbonyl (C=O) groups is 1. The second-order valence-electron chi connectivity index (χ2n) is 10.6. The Labute approximate surface area is 233 Å². The van der Waals surface area contributed by atoms with Gasteiger partial charge < -0.3 is 15.0 Å². The number of halogens is 4. The molecule has 1 saturated heterocycles. The maximum absolute atomic E-state index is 14.1. The number of aryl methyl sites for hydroxylation is 1. The third kappa shape index (κ3) is 5.30. The smallest absolute Gasteiger partial charge is 0.419 e. The number of benzene rings is 2. The van der Waals surface area contributed by atoms with Crippen LogP contribution in [0.2, 0.25) is 0 Å². The number of amides is 1. The Kier molecular flexibility index (Phi) is 6.79. The predicted octanol–water partition coefficient (Wildman–Crippen LogP) is 5.77. The summed E-state index contributed by atoms with van der Waals surface area (Å²) in [7, 11) is 1.52. The standard InChI is InChI=1S/C29H28F4N6O2/c1-16-12-23-22(14-24(16)41-2)36-26(18-7-8-21(30)20(13-18)29(31,32)33)39(23)25-9-10-34-28(37-25)35-19-4-3-11-38(15-19)27(40)17-5-6-17/h7-10,12-14,17,19H,3-6,11,15H2,1-2H3,(H,34,35,37)/t19-/m1/s1. The summed E-state index contributed by atoms with van der Waals surface area (Å²) in [6, 6.07) is 7.92. The highest BCUT2D eigenvalue weighted by molar-refractivity contribution is 5.85. The summed E-state index contributed by atoms with van der Waals surface area (Å²) < 4.78 is 62.0. The van der Waals surface area contributed by atoms with Crippen molar-refractivity contribution in [3.05, 3.63) is 59.5 Å². The average molecular weight is 569 g/mol. The minimum Gasteiger partial charge on any atom is -0.496 e. The van der Waals surface area contributed by atoms with Gasteiger partial charge in [0.1, 0.15) is 23.2 Å². The first-order valence-corrected chi connectivity index (χ1v) is 13.5. The highest BCUT2D eigenvalue weighted by Crippen LogP contribution is 2.37. The number of aromatic nitrogens is 4. The quantitative estimate of drug-likeness (QED) is 0.297. The molecule has 1 N–H and O–H groups in total. The number of fused-ring (bicyclic) bond motifs is 1. The van der Waals surface area contributed by atoms with Gasteiger partial charge in [0.25, 0.3) is 0 Å². The monoisotopic (exact) mass is 568 g/mol. The summed E-state index contributed by atoms with van der Waals surface area (Å²) >= 11 is 0. The lowest BCUT2D eigenvalue weighted by Gasteiger charge is -2.33. The number of ether oxygens (including phenoxy) is 1. The first-order valence-electron chi connectivity index (χ1n) is 13.5. The lowest BCUT2D eigenvalue weighted by molar-refractivity contribution is -0.140. The molecule has 214 valence electrons. The highest BCUT2D eigenvalue weighted by atomic mass is 19.4. The molecule has 3 heterocycles. The van der Waals surface area contributed by atoms with Crippen LogP contribution in [-0.4, -0.2) is 56.6 Å². The zero-order valence-electron chi connectivity index (χ0n) is 22.5. The molecule has 1 saturated carbocycles. The molecule has 2 fully saturated rings. The van der Waals surface area contributed by atoms with Crippen molar-refractivity contribution in [2.24, 2.45) is 5.92 Å². The van der Waals surface area contributed by atoms with E-state index in [1.165, 1.54) is 13.2 Å². The van der Waals surface area contributed by atoms with Crippen molar-refractivity contribution in [2.75, 3.05) is 25.5 Å². The number of nitrogens with zero attached hydrogens (tertiary/aromatic N) is 5. The molecule has 1 atom stereocenters. The summed E-state index contributed by atoms with van der Waals surface area (Å²) in [6.07, 6.45) is 0.276. The van der Waals surface area contributed by atoms with E-state index in [1.54, 1.807) is 22.9 Å². The number of alkyl halides is 3. The molecule has 1 amide bonds. The topological polar surface area (TPSA) is 85.2 Å². The lowest BCUT2D eigenvalue weighted by Crippen LogP contribution is -2.45. The van der Waals surface area contributed by atoms with E-state index in [0.717, 1.165) is 49.9 Å². The van der Waals surface area contributed by atoms with Gasteiger partial charge in [-0.2, -0.15) is 18.2 Å². The fourth-order valence-electron chi connectivity index (χ4n) is 5.35. The number of imidazole rings is 1. The van der Waals surface area contributed by atoms with E-state index in [1.807, 2.05) is 17.9 Å². The molecule has 4 aromatic rings. The largest absolute Gasteiger partial charge is 0.496 e. The van der Waals surface area contributed by atoms with Gasteiger partial charge in [0, 0.05) is 42.9 Å². The summed E-state index contributed by atoms with van der Waals surface area (Å²) in [5, 5.41) is 3.33. The van der Waals surface area contributed by atoms with E-state index in [-0.39, 0.29) is 29.3 Å². The average Bonchev–Trinajstić information content (AvgIpc) is 3.73. The second kappa shape index (κ2) is 10.3. The Morgan fingerprint density at radius 1 is 1.10 bits per heavy atom. The van der Waals surface area contributed by atoms with Crippen LogP contribution in [0.5, 0.6) is 5.75 Å². The highest BCUT2D eigenvalue weighted by Gasteiger charge is 2.36. The van der Waals surface area contributed by atoms with E-state index in [4.69, 9.17) is 9.72 Å². The van der Waals surface area contributed by atoms with Crippen LogP contribution >= 0.6 is 0 Å². The fourth-order valence-corrected chi connectivity index (χ4v) is 5.35. The molecule has 1 aliphatic carbocycles. The van der Waals surface area contributed by atoms with Crippen molar-refractivity contribution in [1.29, 1.82) is 0 Å². The number of nitrogens with one attached hydrogen (secondary N) is 1. The van der Waals surface area contributed by atoms with Gasteiger partial charge in [0.15, 0.2) is 0 Å². The van der Waals surface area contributed by atoms with Gasteiger partial charge in [0.05, 0.1) is 23.7 Å². The van der Waals surface area contributed by atoms with Crippen LogP contribution in [0.3, 0.4) is 0 Å². The number of hydrogen-bond donors (Lipinski definition) is 1. The van der Waals surface area contributed by atoms with Crippen LogP contribution in [-0.2, 0) is 11.0 Å². The van der Waals surface area contributed by atoms with Crippen molar-refractivity contribution in [1.82, 2.24) is 24.4 Å². The minimum atomic E-state index is -4.88. The summed E-state index contributed by atoms with van der Waals surface area (Å²) in [4.78, 5) is 28.2. The molecule has 2 aromatic heterocycles. The Morgan fingerprint density at radius 2 is 1.90 bits per heavy atom. The van der Waals surface area contributed by atoms with Crippen LogP contribution in [0.1, 0.15) is 36.8 Å². The zero-order chi connectivity index (χ0) is 28.9. The maximum Gasteiger partial charge on any atom is 0.419 e. The number of anilines is 1. The van der Waals surface area contributed by atoms with E-state index < -0.39 is 17.6 Å². The van der Waals surface area contributed by atoms with Gasteiger partial charge in [-0.15, -0.1) is 0 Å². The van der Waals surface area contributed by atoms with Crippen LogP contribution in [0.15, 0.2) is 42.6 Å². The van der Waals surface area contributed by atoms with Crippen molar-refractivity contribution in [3.8, 4) is 23.0 Å². The van der Waals surface area contributed by atoms with Crippen LogP contribution < -0.4 is 10.1 Å². The van der Waals surface area contributed by atoms with Gasteiger partial charge in [-0.1, -0.05) is 0 Å². The molecule has 41 heavy (non-hydrogen) atoms. The summed E-state index contributed by atoms with van der Waals surface area (Å²) in [6.45, 7) is 3.13. The van der Waals surface area contributed by atoms with E-state index in [9.17, 15) is 22.4 Å². The number of hydrogen-bond acceptors (Lipinski definition) is 6. The Morgan fingerprint density at radius 3 is 2.63 bits per heavy atom. The Balaban J connectivity index is 1.41. The van der Waals surface area contributed by atoms with E-state index in [0.29, 0.717) is 35.1 Å². The van der Waals surface area contributed by atoms with Gasteiger partial charge >= 0.3 is 6.18 Å². The molecule has 2 aliphatic rings. The number of carbonyl (C=O) groups excluding carboxylic acids is 1. The molecule has 2 aromatic carbocycles. The molecule has 0 unspecified atom stereocenters. The molecule has 0 radical (unpaired) electrons. The van der Waals surface area contributed by atoms with Gasteiger partial charge in [-0.05, 0) is 68.5 Å². The molecule has 1 aliphatic heterocycles. The molecule has 0 spiro atoms. The zero-order valence-corrected chi connectivity index (χ0v) is 22.5. The molecule has 0 bridgehead atoms. The SMILES string of the molecule is COc1cc2nc(-c3ccc(F)c(C(F)(F)F)c3)n(-c3ccnc(N[C@@H]4CCCN(C(=O)C5CC5)C4)n3)c2cc1C. The first-order chi connectivity index (χ1) is 19.6. The summed E-state index contributed by atoms with van der Waals surface area (Å²) in [5.74, 6) is 0.386. The number of methoxy groups -OCH3 is 1. The lowest BCUT2D eigenvalue weighted by atomic mass is 10.1. The van der Waals surface area contributed by atoms with Crippen LogP contribution in [0.4, 0.5) is 23.5 Å². The molecule has 6 rings (SSSR count). The van der Waals surface area contributed by atoms with Gasteiger partial charge in [-0.25, -0.2) is 14.4 Å². The third-order valence-electron chi connectivity index (χ3n) is 7.56. The van der Waals surface area contributed by atoms with Crippen LogP contribution in [0.25, 0.3) is 28.2 Å². The Bertz CT molecular complexity index is 1630. The Hall–Kier alpha value is -4.22. The van der Waals surface area contributed by atoms with Crippen molar-refractivity contribution >= 4 is 22.9 Å². The molecular formula is C29H28F4N6O2. The second-order valence-corrected chi connectivity index (χ2v) is 10.6. The molecule has 12 heteroatoms. The van der Waals surface area contributed by atoms with Crippen LogP contribution in [0, 0.1) is 18.7 Å². The normalized spacial score (nSPS) is 17.6. The predicted molar refractivity (Wildman–Crippen MR) is 144 cm³/mol. The van der Waals surface area contributed by atoms with E-state index in [2.05, 4.69) is 15.3 Å². The maximum atomic E-state index is 14.1. The molecular weight excluding hydrogens is 540 g/mol. The number of rotatable bonds is 6. The number of piperidine rings is 1. The van der Waals surface area contributed by atoms with Gasteiger partial charge in [-0.3, -0.25) is 9.36 Å². The molecule has 8 nitrogen and oxygen atoms in total. The third-order valence-corrected chi connectivity index (χ3v) is 7.56. The van der Waals surface area contributed by atoms with Gasteiger partial charge in [0.2, 0.25) is 11.9 Å². The first kappa shape index (κ1) is 27.0. The minimum absolute atomic E-state index is 0.0429. The van der Waals surface area contributed by atoms with Crippen molar-refractivity contribution < 1.29 is 27.1 Å². The van der Waals surface area contributed by atoms with E-state index >= 15 is 0 Å². The number of likely N-dealkylation sites (tertiary alicyclic amines) is 1. The summed E-state index contributed by atoms with van der Waals surface area (Å²) in [5.41, 5.74) is 0.531. The van der Waals surface area contributed by atoms with Crippen molar-refractivity contribution in [2.45, 2.75) is 44.8 Å².